The van der Waals surface area contributed by atoms with Gasteiger partial charge in [0.05, 0.1) is 6.54 Å². The van der Waals surface area contributed by atoms with Crippen LogP contribution in [0.15, 0.2) is 4.99 Å². The second-order valence-electron chi connectivity index (χ2n) is 9.59. The Labute approximate surface area is 269 Å². The Morgan fingerprint density at radius 2 is 1.56 bits per heavy atom. The maximum Gasteiger partial charge on any atom is 0.368 e. The van der Waals surface area contributed by atoms with Gasteiger partial charge in [0.15, 0.2) is 12.0 Å². The summed E-state index contributed by atoms with van der Waals surface area (Å²) in [5.41, 5.74) is 10.6. The van der Waals surface area contributed by atoms with E-state index in [9.17, 15) is 33.6 Å². The highest BCUT2D eigenvalue weighted by Crippen LogP contribution is 2.18. The predicted molar refractivity (Wildman–Crippen MR) is 166 cm³/mol. The van der Waals surface area contributed by atoms with Gasteiger partial charge in [-0.1, -0.05) is 12.2 Å². The smallest absolute Gasteiger partial charge is 0.368 e. The van der Waals surface area contributed by atoms with Crippen LogP contribution in [0, 0.1) is 0 Å². The third kappa shape index (κ3) is 20.3. The molecule has 0 aromatic heterocycles. The molecule has 4 unspecified atom stereocenters. The van der Waals surface area contributed by atoms with E-state index in [4.69, 9.17) is 26.6 Å². The highest BCUT2D eigenvalue weighted by molar-refractivity contribution is 7.81. The molecular formula is C24H40N8O11S2. The molecule has 21 heteroatoms. The standard InChI is InChI=1S/C22H36N8O9S2.C2H4O2/c1-11(32)27-16(22(2,3)41)19(36)29-12(5-4-7-25-21(23)24)17(34)26-9-15(33)28-13(6-8-31)18(35)30-14(10-40)20(37)39-38;1-2(3)4/h8,10,12-14,16,38,41H,4-7,9H2,1-3H3,(H,26,34)(H,27,32)(H,28,33)(H,29,36)(H,30,35)(H4,23,24,25);1H3,(H,3,4). The van der Waals surface area contributed by atoms with Gasteiger partial charge in [-0.05, 0) is 26.7 Å². The first-order valence-electron chi connectivity index (χ1n) is 13.0. The van der Waals surface area contributed by atoms with Crippen LogP contribution >= 0.6 is 24.8 Å². The molecule has 0 saturated carbocycles. The molecule has 45 heavy (non-hydrogen) atoms. The van der Waals surface area contributed by atoms with Crippen molar-refractivity contribution in [1.29, 1.82) is 0 Å². The number of guanidine groups is 1. The number of nitrogens with zero attached hydrogens (tertiary/aromatic N) is 1. The summed E-state index contributed by atoms with van der Waals surface area (Å²) < 4.78 is -1.01. The number of aldehydes is 1. The SMILES string of the molecule is CC(=O)NC(C(=O)NC(CCCN=C(N)N)C(=O)NCC(=O)NC(CC=O)C(=O)NC(C=S)C(=O)OO)C(C)(C)S.CC(=O)O. The fraction of sp³-hybridized carbons (Fsp3) is 0.583. The minimum atomic E-state index is -1.54. The summed E-state index contributed by atoms with van der Waals surface area (Å²) in [7, 11) is 0. The first-order valence-corrected chi connectivity index (χ1v) is 13.9. The highest BCUT2D eigenvalue weighted by atomic mass is 32.1. The molecule has 11 N–H and O–H groups in total. The Kier molecular flexibility index (Phi) is 21.1. The minimum absolute atomic E-state index is 0.0336. The minimum Gasteiger partial charge on any atom is -0.481 e. The van der Waals surface area contributed by atoms with E-state index in [-0.39, 0.29) is 25.3 Å². The summed E-state index contributed by atoms with van der Waals surface area (Å²) in [6.07, 6.45) is 0.107. The second-order valence-corrected chi connectivity index (χ2v) is 11.0. The largest absolute Gasteiger partial charge is 0.481 e. The van der Waals surface area contributed by atoms with Crippen LogP contribution in [-0.2, 0) is 43.2 Å². The third-order valence-electron chi connectivity index (χ3n) is 5.08. The number of aliphatic carboxylic acids is 1. The quantitative estimate of drug-likeness (QED) is 0.00983. The monoisotopic (exact) mass is 680 g/mol. The van der Waals surface area contributed by atoms with Gasteiger partial charge in [-0.3, -0.25) is 38.6 Å². The summed E-state index contributed by atoms with van der Waals surface area (Å²) in [5, 5.41) is 28.3. The van der Waals surface area contributed by atoms with Crippen molar-refractivity contribution in [3.05, 3.63) is 0 Å². The number of amides is 5. The molecule has 0 aromatic carbocycles. The van der Waals surface area contributed by atoms with E-state index in [2.05, 4.69) is 61.3 Å². The molecule has 5 amide bonds. The van der Waals surface area contributed by atoms with E-state index < -0.39 is 83.4 Å². The summed E-state index contributed by atoms with van der Waals surface area (Å²) in [6, 6.07) is -5.33. The number of rotatable bonds is 18. The fourth-order valence-electron chi connectivity index (χ4n) is 3.12. The Morgan fingerprint density at radius 1 is 0.978 bits per heavy atom. The number of aliphatic imine (C=N–C) groups is 1. The summed E-state index contributed by atoms with van der Waals surface area (Å²) >= 11 is 8.92. The Morgan fingerprint density at radius 3 is 2.00 bits per heavy atom. The van der Waals surface area contributed by atoms with E-state index in [0.717, 1.165) is 12.3 Å². The fourth-order valence-corrected chi connectivity index (χ4v) is 3.48. The Balaban J connectivity index is 0. The zero-order valence-corrected chi connectivity index (χ0v) is 26.7. The number of thiol groups is 1. The van der Waals surface area contributed by atoms with Gasteiger partial charge in [0, 0.05) is 36.9 Å². The summed E-state index contributed by atoms with van der Waals surface area (Å²) in [6.45, 7) is 4.92. The van der Waals surface area contributed by atoms with Gasteiger partial charge in [0.1, 0.15) is 24.4 Å². The van der Waals surface area contributed by atoms with Gasteiger partial charge in [-0.2, -0.15) is 17.9 Å². The maximum atomic E-state index is 13.0. The van der Waals surface area contributed by atoms with Crippen molar-refractivity contribution in [3.8, 4) is 0 Å². The van der Waals surface area contributed by atoms with Crippen molar-refractivity contribution in [2.24, 2.45) is 16.5 Å². The molecule has 0 aromatic rings. The van der Waals surface area contributed by atoms with Gasteiger partial charge in [-0.15, -0.1) is 0 Å². The van der Waals surface area contributed by atoms with Crippen LogP contribution in [0.1, 0.15) is 47.0 Å². The van der Waals surface area contributed by atoms with Gasteiger partial charge in [0.25, 0.3) is 5.97 Å². The van der Waals surface area contributed by atoms with Crippen LogP contribution in [0.4, 0.5) is 0 Å². The zero-order chi connectivity index (χ0) is 35.3. The molecule has 0 bridgehead atoms. The van der Waals surface area contributed by atoms with E-state index in [1.807, 2.05) is 0 Å². The normalized spacial score (nSPS) is 12.9. The molecule has 0 radical (unpaired) electrons. The van der Waals surface area contributed by atoms with Crippen LogP contribution in [0.3, 0.4) is 0 Å². The number of nitrogens with two attached hydrogens (primary N) is 2. The van der Waals surface area contributed by atoms with Gasteiger partial charge >= 0.3 is 5.97 Å². The molecule has 19 nitrogen and oxygen atoms in total. The van der Waals surface area contributed by atoms with Gasteiger partial charge in [0.2, 0.25) is 29.5 Å². The van der Waals surface area contributed by atoms with Gasteiger partial charge < -0.3 is 48.0 Å². The van der Waals surface area contributed by atoms with Crippen LogP contribution in [0.5, 0.6) is 0 Å². The molecule has 0 aliphatic rings. The average molecular weight is 681 g/mol. The van der Waals surface area contributed by atoms with Crippen molar-refractivity contribution >= 4 is 83.9 Å². The first-order chi connectivity index (χ1) is 20.8. The number of carbonyl (C=O) groups is 8. The number of nitrogens with one attached hydrogen (secondary N) is 5. The molecule has 4 atom stereocenters. The highest BCUT2D eigenvalue weighted by Gasteiger charge is 2.35. The molecular weight excluding hydrogens is 640 g/mol. The maximum absolute atomic E-state index is 13.0. The average Bonchev–Trinajstić information content (AvgIpc) is 2.92. The number of hydrogen-bond donors (Lipinski definition) is 10. The third-order valence-corrected chi connectivity index (χ3v) is 5.61. The second kappa shape index (κ2) is 22.2. The van der Waals surface area contributed by atoms with Gasteiger partial charge in [-0.25, -0.2) is 4.79 Å². The van der Waals surface area contributed by atoms with E-state index in [0.29, 0.717) is 6.29 Å². The molecule has 0 saturated heterocycles. The Hall–Kier alpha value is -4.37. The van der Waals surface area contributed by atoms with Crippen LogP contribution in [0.25, 0.3) is 0 Å². The number of thiocarbonyl (C=S) groups is 1. The lowest BCUT2D eigenvalue weighted by Gasteiger charge is -2.30. The number of hydrogen-bond acceptors (Lipinski definition) is 13. The van der Waals surface area contributed by atoms with Crippen molar-refractivity contribution in [1.82, 2.24) is 26.6 Å². The van der Waals surface area contributed by atoms with Crippen LogP contribution in [0.2, 0.25) is 0 Å². The van der Waals surface area contributed by atoms with E-state index in [1.165, 1.54) is 6.92 Å². The topological polar surface area (TPSA) is 311 Å². The lowest BCUT2D eigenvalue weighted by atomic mass is 10.0. The van der Waals surface area contributed by atoms with Crippen molar-refractivity contribution in [2.75, 3.05) is 13.1 Å². The first kappa shape index (κ1) is 42.8. The van der Waals surface area contributed by atoms with Crippen molar-refractivity contribution in [3.63, 3.8) is 0 Å². The summed E-state index contributed by atoms with van der Waals surface area (Å²) in [5.74, 6) is -6.22. The van der Waals surface area contributed by atoms with Crippen molar-refractivity contribution in [2.45, 2.75) is 75.9 Å². The number of carbonyl (C=O) groups excluding carboxylic acids is 7. The molecule has 0 heterocycles. The lowest BCUT2D eigenvalue weighted by molar-refractivity contribution is -0.234. The number of carboxylic acids is 1. The van der Waals surface area contributed by atoms with Crippen LogP contribution < -0.4 is 38.1 Å². The molecule has 254 valence electrons. The zero-order valence-electron chi connectivity index (χ0n) is 25.0. The summed E-state index contributed by atoms with van der Waals surface area (Å²) in [4.78, 5) is 101. The predicted octanol–water partition coefficient (Wildman–Crippen LogP) is -3.48. The molecule has 0 aliphatic carbocycles. The molecule has 0 aliphatic heterocycles. The lowest BCUT2D eigenvalue weighted by Crippen LogP contribution is -2.59. The Bertz CT molecular complexity index is 1110. The molecule has 0 fully saturated rings. The van der Waals surface area contributed by atoms with E-state index >= 15 is 0 Å². The molecule has 0 rings (SSSR count). The number of carboxylic acid groups (broad SMARTS) is 1. The molecule has 0 spiro atoms. The van der Waals surface area contributed by atoms with E-state index in [1.54, 1.807) is 13.8 Å². The van der Waals surface area contributed by atoms with Crippen LogP contribution in [-0.4, -0.2) is 111 Å². The van der Waals surface area contributed by atoms with Crippen molar-refractivity contribution < 1.29 is 53.6 Å².